The molecule has 176 valence electrons. The summed E-state index contributed by atoms with van der Waals surface area (Å²) in [7, 11) is 2.37. The van der Waals surface area contributed by atoms with Gasteiger partial charge >= 0.3 is 11.9 Å². The molecule has 2 aromatic carbocycles. The van der Waals surface area contributed by atoms with E-state index in [0.717, 1.165) is 0 Å². The molecule has 10 heteroatoms. The number of anilines is 1. The summed E-state index contributed by atoms with van der Waals surface area (Å²) in [4.78, 5) is 39.1. The van der Waals surface area contributed by atoms with E-state index >= 15 is 0 Å². The average molecular weight is 471 g/mol. The average Bonchev–Trinajstić information content (AvgIpc) is 3.33. The Labute approximate surface area is 200 Å². The van der Waals surface area contributed by atoms with Crippen LogP contribution in [0.1, 0.15) is 23.5 Å². The predicted octanol–water partition coefficient (Wildman–Crippen LogP) is 1.81. The fraction of sp³-hybridized carbons (Fsp3) is 0.160. The molecule has 1 unspecified atom stereocenters. The van der Waals surface area contributed by atoms with Crippen molar-refractivity contribution in [3.05, 3.63) is 88.4 Å². The van der Waals surface area contributed by atoms with Crippen molar-refractivity contribution in [1.82, 2.24) is 5.43 Å². The maximum absolute atomic E-state index is 13.1. The monoisotopic (exact) mass is 471 g/mol. The van der Waals surface area contributed by atoms with Crippen molar-refractivity contribution in [2.24, 2.45) is 10.8 Å². The van der Waals surface area contributed by atoms with E-state index in [4.69, 9.17) is 15.2 Å². The first-order valence-electron chi connectivity index (χ1n) is 10.5. The van der Waals surface area contributed by atoms with Gasteiger partial charge in [-0.2, -0.15) is 10.4 Å². The lowest BCUT2D eigenvalue weighted by Gasteiger charge is -2.36. The molecule has 3 N–H and O–H groups in total. The van der Waals surface area contributed by atoms with Gasteiger partial charge in [-0.05, 0) is 17.7 Å². The molecule has 0 aliphatic carbocycles. The predicted molar refractivity (Wildman–Crippen MR) is 125 cm³/mol. The zero-order valence-corrected chi connectivity index (χ0v) is 18.9. The zero-order valence-electron chi connectivity index (χ0n) is 18.9. The van der Waals surface area contributed by atoms with E-state index in [2.05, 4.69) is 16.6 Å². The summed E-state index contributed by atoms with van der Waals surface area (Å²) < 4.78 is 10.1. The van der Waals surface area contributed by atoms with Crippen LogP contribution in [0.15, 0.2) is 82.4 Å². The summed E-state index contributed by atoms with van der Waals surface area (Å²) in [5, 5.41) is 14.1. The largest absolute Gasteiger partial charge is 0.466 e. The standard InChI is InChI=1S/C25H21N5O5/c1-34-24(32)21-20(14-7-4-3-5-8-14)17(13-26)23(27)30(22(21)25(33)35-2)16-10-6-9-15(11-16)18-12-19(31)29-28-18/h3-11,20H,12,27H2,1-2H3,(H,29,31). The summed E-state index contributed by atoms with van der Waals surface area (Å²) in [5.41, 5.74) is 10.7. The number of ether oxygens (including phenoxy) is 2. The van der Waals surface area contributed by atoms with Gasteiger partial charge in [-0.3, -0.25) is 9.69 Å². The molecular weight excluding hydrogens is 450 g/mol. The highest BCUT2D eigenvalue weighted by molar-refractivity contribution is 6.14. The van der Waals surface area contributed by atoms with Crippen molar-refractivity contribution in [3.8, 4) is 6.07 Å². The third-order valence-corrected chi connectivity index (χ3v) is 5.69. The molecule has 0 saturated heterocycles. The van der Waals surface area contributed by atoms with Gasteiger partial charge in [0.25, 0.3) is 0 Å². The van der Waals surface area contributed by atoms with E-state index in [9.17, 15) is 19.6 Å². The normalized spacial score (nSPS) is 17.5. The second-order valence-corrected chi connectivity index (χ2v) is 7.66. The van der Waals surface area contributed by atoms with Crippen LogP contribution in [-0.4, -0.2) is 37.8 Å². The summed E-state index contributed by atoms with van der Waals surface area (Å²) >= 11 is 0. The number of nitrogens with one attached hydrogen (secondary N) is 1. The Balaban J connectivity index is 1.99. The van der Waals surface area contributed by atoms with E-state index in [-0.39, 0.29) is 35.0 Å². The lowest BCUT2D eigenvalue weighted by Crippen LogP contribution is -2.40. The number of methoxy groups -OCH3 is 2. The van der Waals surface area contributed by atoms with Crippen LogP contribution in [0.25, 0.3) is 0 Å². The maximum Gasteiger partial charge on any atom is 0.355 e. The van der Waals surface area contributed by atoms with Gasteiger partial charge in [0, 0.05) is 11.3 Å². The Morgan fingerprint density at radius 3 is 2.43 bits per heavy atom. The first-order chi connectivity index (χ1) is 16.9. The minimum Gasteiger partial charge on any atom is -0.466 e. The number of amides is 1. The van der Waals surface area contributed by atoms with Gasteiger partial charge in [0.15, 0.2) is 0 Å². The van der Waals surface area contributed by atoms with E-state index in [1.165, 1.54) is 19.1 Å². The third-order valence-electron chi connectivity index (χ3n) is 5.69. The molecule has 4 rings (SSSR count). The van der Waals surface area contributed by atoms with Crippen molar-refractivity contribution < 1.29 is 23.9 Å². The quantitative estimate of drug-likeness (QED) is 0.628. The van der Waals surface area contributed by atoms with Crippen molar-refractivity contribution in [3.63, 3.8) is 0 Å². The van der Waals surface area contributed by atoms with Gasteiger partial charge in [0.05, 0.1) is 49.5 Å². The summed E-state index contributed by atoms with van der Waals surface area (Å²) in [6.07, 6.45) is 0.0847. The minimum absolute atomic E-state index is 0.0471. The van der Waals surface area contributed by atoms with Gasteiger partial charge in [-0.15, -0.1) is 0 Å². The molecule has 0 spiro atoms. The second-order valence-electron chi connectivity index (χ2n) is 7.66. The van der Waals surface area contributed by atoms with Crippen LogP contribution in [0, 0.1) is 11.3 Å². The maximum atomic E-state index is 13.1. The van der Waals surface area contributed by atoms with Crippen LogP contribution in [0.5, 0.6) is 0 Å². The van der Waals surface area contributed by atoms with Crippen molar-refractivity contribution in [1.29, 1.82) is 5.26 Å². The van der Waals surface area contributed by atoms with Crippen molar-refractivity contribution in [2.75, 3.05) is 19.1 Å². The van der Waals surface area contributed by atoms with Crippen LogP contribution >= 0.6 is 0 Å². The SMILES string of the molecule is COC(=O)C1=C(C(=O)OC)N(c2cccc(C3=NNC(=O)C3)c2)C(N)=C(C#N)C1c1ccccc1. The lowest BCUT2D eigenvalue weighted by molar-refractivity contribution is -0.139. The zero-order chi connectivity index (χ0) is 25.1. The van der Waals surface area contributed by atoms with Crippen molar-refractivity contribution in [2.45, 2.75) is 12.3 Å². The van der Waals surface area contributed by atoms with Gasteiger partial charge in [0.2, 0.25) is 5.91 Å². The highest BCUT2D eigenvalue weighted by atomic mass is 16.5. The second kappa shape index (κ2) is 9.52. The van der Waals surface area contributed by atoms with Gasteiger partial charge in [0.1, 0.15) is 11.5 Å². The number of nitrogens with zero attached hydrogens (tertiary/aromatic N) is 3. The fourth-order valence-corrected chi connectivity index (χ4v) is 4.13. The van der Waals surface area contributed by atoms with Crippen LogP contribution in [-0.2, 0) is 23.9 Å². The topological polar surface area (TPSA) is 147 Å². The molecule has 2 aliphatic rings. The Kier molecular flexibility index (Phi) is 6.33. The van der Waals surface area contributed by atoms with Gasteiger partial charge in [-0.25, -0.2) is 15.0 Å². The molecule has 10 nitrogen and oxygen atoms in total. The number of esters is 2. The molecular formula is C25H21N5O5. The Bertz CT molecular complexity index is 1350. The number of benzene rings is 2. The molecule has 2 heterocycles. The van der Waals surface area contributed by atoms with E-state index in [1.807, 2.05) is 0 Å². The Hall–Kier alpha value is -4.91. The van der Waals surface area contributed by atoms with E-state index in [1.54, 1.807) is 54.6 Å². The molecule has 2 aromatic rings. The third kappa shape index (κ3) is 4.11. The highest BCUT2D eigenvalue weighted by Crippen LogP contribution is 2.43. The minimum atomic E-state index is -0.955. The molecule has 0 saturated carbocycles. The fourth-order valence-electron chi connectivity index (χ4n) is 4.13. The Morgan fingerprint density at radius 2 is 1.83 bits per heavy atom. The smallest absolute Gasteiger partial charge is 0.355 e. The summed E-state index contributed by atoms with van der Waals surface area (Å²) in [5.74, 6) is -2.90. The van der Waals surface area contributed by atoms with Crippen LogP contribution in [0.3, 0.4) is 0 Å². The summed E-state index contributed by atoms with van der Waals surface area (Å²) in [6, 6.07) is 17.6. The number of carbonyl (C=O) groups excluding carboxylic acids is 3. The van der Waals surface area contributed by atoms with E-state index in [0.29, 0.717) is 22.5 Å². The summed E-state index contributed by atoms with van der Waals surface area (Å²) in [6.45, 7) is 0. The first-order valence-corrected chi connectivity index (χ1v) is 10.5. The first kappa shape index (κ1) is 23.3. The van der Waals surface area contributed by atoms with Crippen LogP contribution in [0.4, 0.5) is 5.69 Å². The van der Waals surface area contributed by atoms with Crippen LogP contribution < -0.4 is 16.1 Å². The number of carbonyl (C=O) groups is 3. The number of hydrazone groups is 1. The molecule has 0 aromatic heterocycles. The molecule has 0 radical (unpaired) electrons. The lowest BCUT2D eigenvalue weighted by atomic mass is 9.81. The number of hydrogen-bond acceptors (Lipinski definition) is 9. The van der Waals surface area contributed by atoms with Gasteiger partial charge < -0.3 is 15.2 Å². The molecule has 0 fully saturated rings. The number of nitrogens with two attached hydrogens (primary N) is 1. The number of rotatable bonds is 5. The number of allylic oxidation sites excluding steroid dienone is 1. The molecule has 1 amide bonds. The van der Waals surface area contributed by atoms with Crippen molar-refractivity contribution >= 4 is 29.2 Å². The van der Waals surface area contributed by atoms with Gasteiger partial charge in [-0.1, -0.05) is 42.5 Å². The molecule has 0 bridgehead atoms. The molecule has 1 atom stereocenters. The molecule has 2 aliphatic heterocycles. The highest BCUT2D eigenvalue weighted by Gasteiger charge is 2.43. The molecule has 35 heavy (non-hydrogen) atoms. The van der Waals surface area contributed by atoms with E-state index < -0.39 is 17.9 Å². The Morgan fingerprint density at radius 1 is 1.11 bits per heavy atom. The van der Waals surface area contributed by atoms with Crippen LogP contribution in [0.2, 0.25) is 0 Å². The number of hydrogen-bond donors (Lipinski definition) is 2. The number of nitriles is 1.